The summed E-state index contributed by atoms with van der Waals surface area (Å²) in [5, 5.41) is 6.17. The molecule has 3 rings (SSSR count). The van der Waals surface area contributed by atoms with Gasteiger partial charge < -0.3 is 4.74 Å². The van der Waals surface area contributed by atoms with Crippen molar-refractivity contribution in [1.29, 1.82) is 0 Å². The van der Waals surface area contributed by atoms with E-state index in [1.807, 2.05) is 0 Å². The summed E-state index contributed by atoms with van der Waals surface area (Å²) in [6, 6.07) is 2.20. The fraction of sp³-hybridized carbons (Fsp3) is 0.500. The molecule has 0 radical (unpaired) electrons. The van der Waals surface area contributed by atoms with Gasteiger partial charge in [0.25, 0.3) is 0 Å². The van der Waals surface area contributed by atoms with E-state index in [0.717, 1.165) is 38.2 Å². The molecule has 0 atom stereocenters. The van der Waals surface area contributed by atoms with Crippen LogP contribution in [0.5, 0.6) is 5.88 Å². The molecule has 2 N–H and O–H groups in total. The van der Waals surface area contributed by atoms with Crippen molar-refractivity contribution in [3.63, 3.8) is 0 Å². The largest absolute Gasteiger partial charge is 0.474 e. The third-order valence-electron chi connectivity index (χ3n) is 3.81. The van der Waals surface area contributed by atoms with Crippen LogP contribution in [0.2, 0.25) is 0 Å². The quantitative estimate of drug-likeness (QED) is 0.880. The number of ether oxygens (including phenoxy) is 1. The number of aromatic nitrogens is 4. The van der Waals surface area contributed by atoms with Crippen LogP contribution in [0.1, 0.15) is 24.2 Å². The predicted octanol–water partition coefficient (Wildman–Crippen LogP) is 1.56. The molecule has 2 aromatic rings. The number of H-pyrrole nitrogens is 2. The number of piperidine rings is 1. The van der Waals surface area contributed by atoms with E-state index < -0.39 is 11.7 Å². The Bertz CT molecular complexity index is 717. The molecule has 0 unspecified atom stereocenters. The molecule has 7 nitrogen and oxygen atoms in total. The van der Waals surface area contributed by atoms with Gasteiger partial charge in [-0.05, 0) is 18.9 Å². The van der Waals surface area contributed by atoms with Gasteiger partial charge >= 0.3 is 11.9 Å². The lowest BCUT2D eigenvalue weighted by atomic mass is 10.1. The Kier molecular flexibility index (Phi) is 4.56. The van der Waals surface area contributed by atoms with Gasteiger partial charge in [-0.1, -0.05) is 0 Å². The molecule has 0 aliphatic carbocycles. The van der Waals surface area contributed by atoms with Gasteiger partial charge in [0, 0.05) is 25.4 Å². The second-order valence-corrected chi connectivity index (χ2v) is 5.60. The fourth-order valence-corrected chi connectivity index (χ4v) is 2.57. The standard InChI is InChI=1S/C14H16F3N5O2/c15-14(16,17)9-1-2-12(18-7-9)24-10-3-5-22(6-4-10)8-11-19-13(23)21-20-11/h1-2,7,10H,3-6,8H2,(H2,19,20,21,23). The van der Waals surface area contributed by atoms with E-state index in [1.165, 1.54) is 6.07 Å². The van der Waals surface area contributed by atoms with Crippen LogP contribution in [0.25, 0.3) is 0 Å². The topological polar surface area (TPSA) is 86.9 Å². The molecule has 0 spiro atoms. The molecule has 10 heteroatoms. The van der Waals surface area contributed by atoms with Crippen LogP contribution in [-0.4, -0.2) is 44.3 Å². The van der Waals surface area contributed by atoms with Crippen LogP contribution >= 0.6 is 0 Å². The maximum Gasteiger partial charge on any atom is 0.417 e. The number of alkyl halides is 3. The molecule has 24 heavy (non-hydrogen) atoms. The number of nitrogens with one attached hydrogen (secondary N) is 2. The van der Waals surface area contributed by atoms with Crippen LogP contribution in [0.4, 0.5) is 13.2 Å². The highest BCUT2D eigenvalue weighted by Crippen LogP contribution is 2.29. The van der Waals surface area contributed by atoms with Crippen LogP contribution in [-0.2, 0) is 12.7 Å². The summed E-state index contributed by atoms with van der Waals surface area (Å²) in [5.41, 5.74) is -1.13. The Morgan fingerprint density at radius 3 is 2.58 bits per heavy atom. The fourth-order valence-electron chi connectivity index (χ4n) is 2.57. The normalized spacial score (nSPS) is 17.1. The molecule has 0 bridgehead atoms. The summed E-state index contributed by atoms with van der Waals surface area (Å²) in [4.78, 5) is 19.4. The Balaban J connectivity index is 1.49. The highest BCUT2D eigenvalue weighted by atomic mass is 19.4. The average molecular weight is 343 g/mol. The molecule has 1 fully saturated rings. The summed E-state index contributed by atoms with van der Waals surface area (Å²) in [5.74, 6) is 0.766. The number of hydrogen-bond donors (Lipinski definition) is 2. The Hall–Kier alpha value is -2.36. The van der Waals surface area contributed by atoms with Crippen molar-refractivity contribution in [2.24, 2.45) is 0 Å². The molecule has 1 aliphatic heterocycles. The maximum absolute atomic E-state index is 12.5. The van der Waals surface area contributed by atoms with Gasteiger partial charge in [-0.25, -0.2) is 14.9 Å². The number of hydrogen-bond acceptors (Lipinski definition) is 5. The Morgan fingerprint density at radius 2 is 2.04 bits per heavy atom. The minimum atomic E-state index is -4.40. The second-order valence-electron chi connectivity index (χ2n) is 5.60. The van der Waals surface area contributed by atoms with Crippen molar-refractivity contribution in [2.45, 2.75) is 31.7 Å². The van der Waals surface area contributed by atoms with Crippen LogP contribution in [0.15, 0.2) is 23.1 Å². The van der Waals surface area contributed by atoms with Crippen molar-refractivity contribution >= 4 is 0 Å². The van der Waals surface area contributed by atoms with Crippen molar-refractivity contribution in [3.8, 4) is 5.88 Å². The van der Waals surface area contributed by atoms with E-state index in [4.69, 9.17) is 4.74 Å². The van der Waals surface area contributed by atoms with E-state index in [9.17, 15) is 18.0 Å². The SMILES string of the molecule is O=c1[nH]nc(CN2CCC(Oc3ccc(C(F)(F)F)cn3)CC2)[nH]1. The van der Waals surface area contributed by atoms with E-state index in [-0.39, 0.29) is 17.7 Å². The number of pyridine rings is 1. The Morgan fingerprint density at radius 1 is 1.29 bits per heavy atom. The van der Waals surface area contributed by atoms with Crippen LogP contribution in [0.3, 0.4) is 0 Å². The molecule has 1 saturated heterocycles. The number of aromatic amines is 2. The van der Waals surface area contributed by atoms with Crippen molar-refractivity contribution in [2.75, 3.05) is 13.1 Å². The highest BCUT2D eigenvalue weighted by molar-refractivity contribution is 5.20. The van der Waals surface area contributed by atoms with Gasteiger partial charge in [-0.15, -0.1) is 0 Å². The van der Waals surface area contributed by atoms with E-state index in [1.54, 1.807) is 0 Å². The maximum atomic E-state index is 12.5. The average Bonchev–Trinajstić information content (AvgIpc) is 2.94. The minimum absolute atomic E-state index is 0.0938. The molecule has 1 aliphatic rings. The van der Waals surface area contributed by atoms with Gasteiger partial charge in [0.15, 0.2) is 0 Å². The molecule has 0 saturated carbocycles. The summed E-state index contributed by atoms with van der Waals surface area (Å²) in [7, 11) is 0. The molecular weight excluding hydrogens is 327 g/mol. The molecule has 0 amide bonds. The lowest BCUT2D eigenvalue weighted by Gasteiger charge is -2.31. The number of likely N-dealkylation sites (tertiary alicyclic amines) is 1. The van der Waals surface area contributed by atoms with Crippen LogP contribution in [0, 0.1) is 0 Å². The van der Waals surface area contributed by atoms with Crippen molar-refractivity contribution in [1.82, 2.24) is 25.1 Å². The van der Waals surface area contributed by atoms with Crippen LogP contribution < -0.4 is 10.4 Å². The monoisotopic (exact) mass is 343 g/mol. The van der Waals surface area contributed by atoms with Gasteiger partial charge in [-0.2, -0.15) is 18.3 Å². The van der Waals surface area contributed by atoms with E-state index >= 15 is 0 Å². The van der Waals surface area contributed by atoms with E-state index in [2.05, 4.69) is 25.1 Å². The van der Waals surface area contributed by atoms with Gasteiger partial charge in [-0.3, -0.25) is 9.88 Å². The molecule has 3 heterocycles. The summed E-state index contributed by atoms with van der Waals surface area (Å²) >= 11 is 0. The number of nitrogens with zero attached hydrogens (tertiary/aromatic N) is 3. The molecule has 130 valence electrons. The number of halogens is 3. The predicted molar refractivity (Wildman–Crippen MR) is 77.4 cm³/mol. The summed E-state index contributed by atoms with van der Waals surface area (Å²) < 4.78 is 43.1. The second kappa shape index (κ2) is 6.63. The zero-order valence-electron chi connectivity index (χ0n) is 12.6. The van der Waals surface area contributed by atoms with Crippen molar-refractivity contribution < 1.29 is 17.9 Å². The van der Waals surface area contributed by atoms with E-state index in [0.29, 0.717) is 12.4 Å². The lowest BCUT2D eigenvalue weighted by molar-refractivity contribution is -0.137. The minimum Gasteiger partial charge on any atom is -0.474 e. The molecular formula is C14H16F3N5O2. The van der Waals surface area contributed by atoms with Gasteiger partial charge in [0.2, 0.25) is 5.88 Å². The Labute approximate surface area is 134 Å². The number of rotatable bonds is 4. The smallest absolute Gasteiger partial charge is 0.417 e. The van der Waals surface area contributed by atoms with Crippen molar-refractivity contribution in [3.05, 3.63) is 40.2 Å². The molecule has 0 aromatic carbocycles. The van der Waals surface area contributed by atoms with Gasteiger partial charge in [0.05, 0.1) is 12.1 Å². The highest BCUT2D eigenvalue weighted by Gasteiger charge is 2.31. The zero-order valence-corrected chi connectivity index (χ0v) is 12.6. The third kappa shape index (κ3) is 4.13. The first-order valence-electron chi connectivity index (χ1n) is 7.46. The lowest BCUT2D eigenvalue weighted by Crippen LogP contribution is -2.38. The summed E-state index contributed by atoms with van der Waals surface area (Å²) in [6.45, 7) is 2.00. The first-order valence-corrected chi connectivity index (χ1v) is 7.46. The first-order chi connectivity index (χ1) is 11.4. The third-order valence-corrected chi connectivity index (χ3v) is 3.81. The summed E-state index contributed by atoms with van der Waals surface area (Å²) in [6.07, 6.45) is -2.28. The first kappa shape index (κ1) is 16.5. The molecule has 2 aromatic heterocycles. The zero-order chi connectivity index (χ0) is 17.2. The van der Waals surface area contributed by atoms with Gasteiger partial charge in [0.1, 0.15) is 11.9 Å².